The predicted octanol–water partition coefficient (Wildman–Crippen LogP) is 3.89. The van der Waals surface area contributed by atoms with Crippen molar-refractivity contribution in [2.24, 2.45) is 0 Å². The average molecular weight is 285 g/mol. The molecule has 20 heavy (non-hydrogen) atoms. The molecule has 0 aliphatic rings. The number of rotatable bonds is 2. The van der Waals surface area contributed by atoms with Crippen molar-refractivity contribution in [1.82, 2.24) is 4.98 Å². The standard InChI is InChI=1S/C16H13ClN2O/c1-18-11-5-2-4-10(8-11)13-9-19-16(20)15-12(13)6-3-7-14(15)17/h2-9,18H,1H3,(H,19,20). The van der Waals surface area contributed by atoms with Crippen LogP contribution in [-0.2, 0) is 0 Å². The molecule has 3 nitrogen and oxygen atoms in total. The number of H-pyrrole nitrogens is 1. The molecular formula is C16H13ClN2O. The molecule has 100 valence electrons. The lowest BCUT2D eigenvalue weighted by Crippen LogP contribution is -2.06. The van der Waals surface area contributed by atoms with Crippen molar-refractivity contribution >= 4 is 28.1 Å². The fourth-order valence-electron chi connectivity index (χ4n) is 2.35. The Balaban J connectivity index is 2.34. The number of benzene rings is 2. The maximum Gasteiger partial charge on any atom is 0.257 e. The third-order valence-electron chi connectivity index (χ3n) is 3.34. The molecule has 0 aliphatic carbocycles. The minimum Gasteiger partial charge on any atom is -0.388 e. The molecule has 3 aromatic rings. The van der Waals surface area contributed by atoms with Crippen LogP contribution >= 0.6 is 11.6 Å². The van der Waals surface area contributed by atoms with Gasteiger partial charge in [0.05, 0.1) is 10.4 Å². The van der Waals surface area contributed by atoms with Crippen LogP contribution < -0.4 is 10.9 Å². The van der Waals surface area contributed by atoms with E-state index >= 15 is 0 Å². The highest BCUT2D eigenvalue weighted by Crippen LogP contribution is 2.30. The molecule has 1 aromatic heterocycles. The third-order valence-corrected chi connectivity index (χ3v) is 3.66. The van der Waals surface area contributed by atoms with Gasteiger partial charge >= 0.3 is 0 Å². The second-order valence-corrected chi connectivity index (χ2v) is 4.93. The van der Waals surface area contributed by atoms with E-state index in [1.807, 2.05) is 43.4 Å². The van der Waals surface area contributed by atoms with Gasteiger partial charge in [0.2, 0.25) is 0 Å². The smallest absolute Gasteiger partial charge is 0.257 e. The van der Waals surface area contributed by atoms with E-state index in [4.69, 9.17) is 11.6 Å². The van der Waals surface area contributed by atoms with Crippen molar-refractivity contribution < 1.29 is 0 Å². The quantitative estimate of drug-likeness (QED) is 0.750. The number of anilines is 1. The summed E-state index contributed by atoms with van der Waals surface area (Å²) in [7, 11) is 1.88. The number of halogens is 1. The zero-order valence-electron chi connectivity index (χ0n) is 10.9. The summed E-state index contributed by atoms with van der Waals surface area (Å²) >= 11 is 6.15. The van der Waals surface area contributed by atoms with Crippen LogP contribution in [0.4, 0.5) is 5.69 Å². The summed E-state index contributed by atoms with van der Waals surface area (Å²) in [6, 6.07) is 13.5. The molecule has 0 bridgehead atoms. The van der Waals surface area contributed by atoms with Crippen molar-refractivity contribution in [2.45, 2.75) is 0 Å². The van der Waals surface area contributed by atoms with Crippen LogP contribution in [0.2, 0.25) is 5.02 Å². The number of aromatic amines is 1. The third kappa shape index (κ3) is 2.06. The first-order chi connectivity index (χ1) is 9.70. The van der Waals surface area contributed by atoms with Crippen LogP contribution in [0, 0.1) is 0 Å². The summed E-state index contributed by atoms with van der Waals surface area (Å²) < 4.78 is 0. The van der Waals surface area contributed by atoms with Crippen LogP contribution in [0.3, 0.4) is 0 Å². The van der Waals surface area contributed by atoms with Gasteiger partial charge in [-0.15, -0.1) is 0 Å². The molecule has 3 rings (SSSR count). The van der Waals surface area contributed by atoms with Crippen LogP contribution in [0.25, 0.3) is 21.9 Å². The average Bonchev–Trinajstić information content (AvgIpc) is 2.48. The Kier molecular flexibility index (Phi) is 3.20. The van der Waals surface area contributed by atoms with Crippen molar-refractivity contribution in [3.05, 3.63) is 64.0 Å². The van der Waals surface area contributed by atoms with Crippen LogP contribution in [0.5, 0.6) is 0 Å². The fraction of sp³-hybridized carbons (Fsp3) is 0.0625. The van der Waals surface area contributed by atoms with E-state index in [1.54, 1.807) is 12.3 Å². The highest BCUT2D eigenvalue weighted by molar-refractivity contribution is 6.35. The molecule has 4 heteroatoms. The summed E-state index contributed by atoms with van der Waals surface area (Å²) in [5.41, 5.74) is 2.84. The Morgan fingerprint density at radius 1 is 1.15 bits per heavy atom. The first-order valence-electron chi connectivity index (χ1n) is 6.29. The zero-order valence-corrected chi connectivity index (χ0v) is 11.7. The second-order valence-electron chi connectivity index (χ2n) is 4.52. The maximum absolute atomic E-state index is 12.0. The Morgan fingerprint density at radius 2 is 1.95 bits per heavy atom. The molecule has 0 unspecified atom stereocenters. The predicted molar refractivity (Wildman–Crippen MR) is 84.6 cm³/mol. The summed E-state index contributed by atoms with van der Waals surface area (Å²) in [4.78, 5) is 14.7. The van der Waals surface area contributed by atoms with E-state index in [0.717, 1.165) is 22.2 Å². The minimum atomic E-state index is -0.167. The van der Waals surface area contributed by atoms with E-state index in [-0.39, 0.29) is 5.56 Å². The number of aromatic nitrogens is 1. The Hall–Kier alpha value is -2.26. The lowest BCUT2D eigenvalue weighted by atomic mass is 10.0. The molecule has 2 aromatic carbocycles. The van der Waals surface area contributed by atoms with Crippen LogP contribution in [-0.4, -0.2) is 12.0 Å². The molecule has 0 saturated heterocycles. The molecule has 0 atom stereocenters. The number of hydrogen-bond acceptors (Lipinski definition) is 2. The fourth-order valence-corrected chi connectivity index (χ4v) is 2.61. The number of pyridine rings is 1. The van der Waals surface area contributed by atoms with Gasteiger partial charge in [0.15, 0.2) is 0 Å². The lowest BCUT2D eigenvalue weighted by Gasteiger charge is -2.09. The minimum absolute atomic E-state index is 0.167. The summed E-state index contributed by atoms with van der Waals surface area (Å²) in [5, 5.41) is 4.96. The van der Waals surface area contributed by atoms with E-state index < -0.39 is 0 Å². The van der Waals surface area contributed by atoms with Gasteiger partial charge in [0.25, 0.3) is 5.56 Å². The largest absolute Gasteiger partial charge is 0.388 e. The zero-order chi connectivity index (χ0) is 14.1. The number of hydrogen-bond donors (Lipinski definition) is 2. The molecule has 1 heterocycles. The number of fused-ring (bicyclic) bond motifs is 1. The van der Waals surface area contributed by atoms with Crippen molar-refractivity contribution in [1.29, 1.82) is 0 Å². The summed E-state index contributed by atoms with van der Waals surface area (Å²) in [6.07, 6.45) is 1.73. The van der Waals surface area contributed by atoms with E-state index in [2.05, 4.69) is 10.3 Å². The van der Waals surface area contributed by atoms with Gasteiger partial charge in [0.1, 0.15) is 0 Å². The molecular weight excluding hydrogens is 272 g/mol. The first-order valence-corrected chi connectivity index (χ1v) is 6.66. The Bertz CT molecular complexity index is 839. The lowest BCUT2D eigenvalue weighted by molar-refractivity contribution is 1.28. The van der Waals surface area contributed by atoms with Crippen molar-refractivity contribution in [3.8, 4) is 11.1 Å². The summed E-state index contributed by atoms with van der Waals surface area (Å²) in [5.74, 6) is 0. The molecule has 0 radical (unpaired) electrons. The Labute approximate surface area is 121 Å². The number of nitrogens with one attached hydrogen (secondary N) is 2. The monoisotopic (exact) mass is 284 g/mol. The van der Waals surface area contributed by atoms with Gasteiger partial charge in [-0.3, -0.25) is 4.79 Å². The van der Waals surface area contributed by atoms with Gasteiger partial charge in [-0.2, -0.15) is 0 Å². The molecule has 2 N–H and O–H groups in total. The summed E-state index contributed by atoms with van der Waals surface area (Å²) in [6.45, 7) is 0. The first kappa shape index (κ1) is 12.8. The van der Waals surface area contributed by atoms with Crippen molar-refractivity contribution in [3.63, 3.8) is 0 Å². The van der Waals surface area contributed by atoms with E-state index in [0.29, 0.717) is 10.4 Å². The second kappa shape index (κ2) is 5.02. The van der Waals surface area contributed by atoms with E-state index in [1.165, 1.54) is 0 Å². The normalized spacial score (nSPS) is 10.7. The molecule has 0 aliphatic heterocycles. The van der Waals surface area contributed by atoms with Gasteiger partial charge in [-0.05, 0) is 29.1 Å². The highest BCUT2D eigenvalue weighted by Gasteiger charge is 2.09. The molecule has 0 fully saturated rings. The van der Waals surface area contributed by atoms with Gasteiger partial charge in [-0.1, -0.05) is 35.9 Å². The van der Waals surface area contributed by atoms with Gasteiger partial charge in [-0.25, -0.2) is 0 Å². The van der Waals surface area contributed by atoms with E-state index in [9.17, 15) is 4.79 Å². The highest BCUT2D eigenvalue weighted by atomic mass is 35.5. The molecule has 0 spiro atoms. The Morgan fingerprint density at radius 3 is 2.75 bits per heavy atom. The van der Waals surface area contributed by atoms with Crippen LogP contribution in [0.15, 0.2) is 53.5 Å². The van der Waals surface area contributed by atoms with Crippen molar-refractivity contribution in [2.75, 3.05) is 12.4 Å². The molecule has 0 amide bonds. The van der Waals surface area contributed by atoms with Gasteiger partial charge < -0.3 is 10.3 Å². The van der Waals surface area contributed by atoms with Gasteiger partial charge in [0, 0.05) is 24.5 Å². The maximum atomic E-state index is 12.0. The van der Waals surface area contributed by atoms with Crippen LogP contribution in [0.1, 0.15) is 0 Å². The topological polar surface area (TPSA) is 44.9 Å². The SMILES string of the molecule is CNc1cccc(-c2c[nH]c(=O)c3c(Cl)cccc23)c1. The molecule has 0 saturated carbocycles.